The molecule has 0 aromatic heterocycles. The molecule has 4 nitrogen and oxygen atoms in total. The van der Waals surface area contributed by atoms with Gasteiger partial charge in [0.2, 0.25) is 0 Å². The van der Waals surface area contributed by atoms with E-state index in [1.165, 1.54) is 17.7 Å². The predicted molar refractivity (Wildman–Crippen MR) is 80.9 cm³/mol. The van der Waals surface area contributed by atoms with Crippen LogP contribution in [0.25, 0.3) is 0 Å². The van der Waals surface area contributed by atoms with Gasteiger partial charge in [0.1, 0.15) is 0 Å². The summed E-state index contributed by atoms with van der Waals surface area (Å²) in [6, 6.07) is 14.4. The molecule has 2 aromatic rings. The van der Waals surface area contributed by atoms with Gasteiger partial charge in [-0.15, -0.1) is 0 Å². The standard InChI is InChI=1S/C16H16N2O2/c1-12(2)14-8-6-13(7-9-14)11-17-15-4-3-5-16(10-15)18(19)20/h3-12H,1-2H3. The number of rotatable bonds is 4. The zero-order valence-corrected chi connectivity index (χ0v) is 11.5. The molecular formula is C16H16N2O2. The lowest BCUT2D eigenvalue weighted by Crippen LogP contribution is -1.88. The van der Waals surface area contributed by atoms with E-state index in [9.17, 15) is 10.1 Å². The highest BCUT2D eigenvalue weighted by Gasteiger charge is 2.04. The minimum absolute atomic E-state index is 0.0507. The van der Waals surface area contributed by atoms with Gasteiger partial charge >= 0.3 is 0 Å². The third-order valence-electron chi connectivity index (χ3n) is 3.01. The third kappa shape index (κ3) is 3.51. The van der Waals surface area contributed by atoms with Crippen LogP contribution in [0.5, 0.6) is 0 Å². The molecule has 2 rings (SSSR count). The highest BCUT2D eigenvalue weighted by atomic mass is 16.6. The van der Waals surface area contributed by atoms with Crippen molar-refractivity contribution in [3.63, 3.8) is 0 Å². The first-order valence-corrected chi connectivity index (χ1v) is 6.45. The van der Waals surface area contributed by atoms with Gasteiger partial charge in [0.25, 0.3) is 5.69 Å². The molecule has 0 fully saturated rings. The zero-order valence-electron chi connectivity index (χ0n) is 11.5. The monoisotopic (exact) mass is 268 g/mol. The Bertz CT molecular complexity index is 631. The van der Waals surface area contributed by atoms with Crippen LogP contribution in [0.15, 0.2) is 53.5 Å². The summed E-state index contributed by atoms with van der Waals surface area (Å²) >= 11 is 0. The van der Waals surface area contributed by atoms with E-state index in [4.69, 9.17) is 0 Å². The highest BCUT2D eigenvalue weighted by molar-refractivity contribution is 5.82. The minimum atomic E-state index is -0.420. The fraction of sp³-hybridized carbons (Fsp3) is 0.188. The van der Waals surface area contributed by atoms with Crippen LogP contribution < -0.4 is 0 Å². The number of hydrogen-bond acceptors (Lipinski definition) is 3. The summed E-state index contributed by atoms with van der Waals surface area (Å²) in [5.74, 6) is 0.498. The van der Waals surface area contributed by atoms with Crippen molar-refractivity contribution in [3.05, 3.63) is 69.8 Å². The quantitative estimate of drug-likeness (QED) is 0.466. The Labute approximate surface area is 117 Å². The summed E-state index contributed by atoms with van der Waals surface area (Å²) < 4.78 is 0. The maximum atomic E-state index is 10.7. The molecule has 0 atom stereocenters. The first-order valence-electron chi connectivity index (χ1n) is 6.45. The smallest absolute Gasteiger partial charge is 0.258 e. The summed E-state index contributed by atoms with van der Waals surface area (Å²) in [5, 5.41) is 10.7. The molecule has 0 aliphatic carbocycles. The number of hydrogen-bond donors (Lipinski definition) is 0. The van der Waals surface area contributed by atoms with Gasteiger partial charge in [0.15, 0.2) is 0 Å². The Morgan fingerprint density at radius 3 is 2.45 bits per heavy atom. The van der Waals surface area contributed by atoms with E-state index >= 15 is 0 Å². The van der Waals surface area contributed by atoms with Crippen molar-refractivity contribution in [2.24, 2.45) is 4.99 Å². The van der Waals surface area contributed by atoms with Crippen molar-refractivity contribution in [2.45, 2.75) is 19.8 Å². The molecular weight excluding hydrogens is 252 g/mol. The van der Waals surface area contributed by atoms with Crippen LogP contribution >= 0.6 is 0 Å². The topological polar surface area (TPSA) is 55.5 Å². The third-order valence-corrected chi connectivity index (χ3v) is 3.01. The summed E-state index contributed by atoms with van der Waals surface area (Å²) in [6.07, 6.45) is 1.71. The van der Waals surface area contributed by atoms with E-state index in [-0.39, 0.29) is 5.69 Å². The average Bonchev–Trinajstić information content (AvgIpc) is 2.46. The molecule has 0 N–H and O–H groups in total. The van der Waals surface area contributed by atoms with Crippen LogP contribution in [0.1, 0.15) is 30.9 Å². The second-order valence-electron chi connectivity index (χ2n) is 4.86. The van der Waals surface area contributed by atoms with Crippen molar-refractivity contribution >= 4 is 17.6 Å². The van der Waals surface area contributed by atoms with Crippen LogP contribution in [0.3, 0.4) is 0 Å². The van der Waals surface area contributed by atoms with Gasteiger partial charge in [-0.2, -0.15) is 0 Å². The molecule has 0 aliphatic rings. The fourth-order valence-electron chi connectivity index (χ4n) is 1.80. The number of nitrogens with zero attached hydrogens (tertiary/aromatic N) is 2. The zero-order chi connectivity index (χ0) is 14.5. The molecule has 102 valence electrons. The number of nitro benzene ring substituents is 1. The first kappa shape index (κ1) is 13.9. The minimum Gasteiger partial charge on any atom is -0.258 e. The lowest BCUT2D eigenvalue weighted by atomic mass is 10.0. The fourth-order valence-corrected chi connectivity index (χ4v) is 1.80. The summed E-state index contributed by atoms with van der Waals surface area (Å²) in [6.45, 7) is 4.29. The Hall–Kier alpha value is -2.49. The number of aliphatic imine (C=N–C) groups is 1. The maximum absolute atomic E-state index is 10.7. The summed E-state index contributed by atoms with van der Waals surface area (Å²) in [4.78, 5) is 14.5. The molecule has 0 saturated carbocycles. The van der Waals surface area contributed by atoms with E-state index < -0.39 is 4.92 Å². The molecule has 0 unspecified atom stereocenters. The van der Waals surface area contributed by atoms with Crippen molar-refractivity contribution < 1.29 is 4.92 Å². The van der Waals surface area contributed by atoms with Crippen molar-refractivity contribution in [1.29, 1.82) is 0 Å². The second-order valence-corrected chi connectivity index (χ2v) is 4.86. The van der Waals surface area contributed by atoms with Gasteiger partial charge in [-0.25, -0.2) is 0 Å². The van der Waals surface area contributed by atoms with E-state index in [0.29, 0.717) is 11.6 Å². The largest absolute Gasteiger partial charge is 0.271 e. The molecule has 0 radical (unpaired) electrons. The van der Waals surface area contributed by atoms with E-state index in [2.05, 4.69) is 31.0 Å². The van der Waals surface area contributed by atoms with Crippen molar-refractivity contribution in [2.75, 3.05) is 0 Å². The molecule has 2 aromatic carbocycles. The molecule has 0 aliphatic heterocycles. The maximum Gasteiger partial charge on any atom is 0.271 e. The van der Waals surface area contributed by atoms with Gasteiger partial charge in [-0.1, -0.05) is 44.2 Å². The van der Waals surface area contributed by atoms with Gasteiger partial charge in [-0.05, 0) is 23.1 Å². The summed E-state index contributed by atoms with van der Waals surface area (Å²) in [5.41, 5.74) is 2.88. The lowest BCUT2D eigenvalue weighted by Gasteiger charge is -2.04. The first-order chi connectivity index (χ1) is 9.56. The van der Waals surface area contributed by atoms with Gasteiger partial charge in [0.05, 0.1) is 10.6 Å². The van der Waals surface area contributed by atoms with E-state index in [1.807, 2.05) is 12.1 Å². The molecule has 0 bridgehead atoms. The molecule has 20 heavy (non-hydrogen) atoms. The lowest BCUT2D eigenvalue weighted by molar-refractivity contribution is -0.384. The molecule has 4 heteroatoms. The number of nitro groups is 1. The Balaban J connectivity index is 2.16. The highest BCUT2D eigenvalue weighted by Crippen LogP contribution is 2.20. The average molecular weight is 268 g/mol. The SMILES string of the molecule is CC(C)c1ccc(C=Nc2cccc([N+](=O)[O-])c2)cc1. The molecule has 0 amide bonds. The predicted octanol–water partition coefficient (Wildman–Crippen LogP) is 4.47. The summed E-state index contributed by atoms with van der Waals surface area (Å²) in [7, 11) is 0. The normalized spacial score (nSPS) is 11.2. The van der Waals surface area contributed by atoms with Crippen LogP contribution in [0.4, 0.5) is 11.4 Å². The Morgan fingerprint density at radius 1 is 1.15 bits per heavy atom. The molecule has 0 heterocycles. The van der Waals surface area contributed by atoms with Crippen molar-refractivity contribution in [1.82, 2.24) is 0 Å². The van der Waals surface area contributed by atoms with Gasteiger partial charge < -0.3 is 0 Å². The van der Waals surface area contributed by atoms with E-state index in [0.717, 1.165) is 5.56 Å². The van der Waals surface area contributed by atoms with Crippen LogP contribution in [-0.4, -0.2) is 11.1 Å². The van der Waals surface area contributed by atoms with Crippen LogP contribution in [-0.2, 0) is 0 Å². The molecule has 0 saturated heterocycles. The van der Waals surface area contributed by atoms with E-state index in [1.54, 1.807) is 18.3 Å². The van der Waals surface area contributed by atoms with Gasteiger partial charge in [-0.3, -0.25) is 15.1 Å². The van der Waals surface area contributed by atoms with Crippen molar-refractivity contribution in [3.8, 4) is 0 Å². The Kier molecular flexibility index (Phi) is 4.25. The molecule has 0 spiro atoms. The number of non-ortho nitro benzene ring substituents is 1. The van der Waals surface area contributed by atoms with Crippen LogP contribution in [0.2, 0.25) is 0 Å². The Morgan fingerprint density at radius 2 is 1.85 bits per heavy atom. The number of benzene rings is 2. The second kappa shape index (κ2) is 6.10. The van der Waals surface area contributed by atoms with Gasteiger partial charge in [0, 0.05) is 18.3 Å². The van der Waals surface area contributed by atoms with Crippen LogP contribution in [0, 0.1) is 10.1 Å².